The maximum Gasteiger partial charge on any atom is 0.223 e. The van der Waals surface area contributed by atoms with Crippen LogP contribution in [0.25, 0.3) is 0 Å². The Balaban J connectivity index is 1.57. The first-order chi connectivity index (χ1) is 11.7. The van der Waals surface area contributed by atoms with Gasteiger partial charge in [0.25, 0.3) is 0 Å². The van der Waals surface area contributed by atoms with Crippen LogP contribution in [0.4, 0.5) is 0 Å². The highest BCUT2D eigenvalue weighted by molar-refractivity contribution is 7.10. The summed E-state index contributed by atoms with van der Waals surface area (Å²) < 4.78 is 0. The van der Waals surface area contributed by atoms with E-state index in [9.17, 15) is 9.59 Å². The van der Waals surface area contributed by atoms with E-state index in [1.54, 1.807) is 11.3 Å². The topological polar surface area (TPSA) is 37.4 Å². The molecular weight excluding hydrogens is 318 g/mol. The second kappa shape index (κ2) is 7.75. The summed E-state index contributed by atoms with van der Waals surface area (Å²) in [7, 11) is 0. The molecule has 0 saturated carbocycles. The minimum absolute atomic E-state index is 0.0536. The number of hydrogen-bond donors (Lipinski definition) is 0. The van der Waals surface area contributed by atoms with Crippen molar-refractivity contribution >= 4 is 23.0 Å². The molecule has 1 fully saturated rings. The number of nitrogens with zero attached hydrogens (tertiary/aromatic N) is 1. The zero-order chi connectivity index (χ0) is 16.9. The zero-order valence-electron chi connectivity index (χ0n) is 14.0. The fourth-order valence-electron chi connectivity index (χ4n) is 3.28. The van der Waals surface area contributed by atoms with Crippen LogP contribution in [0.5, 0.6) is 0 Å². The van der Waals surface area contributed by atoms with Gasteiger partial charge in [0.15, 0.2) is 5.78 Å². The van der Waals surface area contributed by atoms with E-state index in [0.29, 0.717) is 12.0 Å². The SMILES string of the molecule is CCc1ccc(C(=O)CCC(=O)N2CCCC2c2cccs2)cc1. The Morgan fingerprint density at radius 1 is 1.17 bits per heavy atom. The molecule has 3 rings (SSSR count). The number of likely N-dealkylation sites (tertiary alicyclic amines) is 1. The molecule has 24 heavy (non-hydrogen) atoms. The first-order valence-corrected chi connectivity index (χ1v) is 9.52. The Morgan fingerprint density at radius 3 is 2.62 bits per heavy atom. The normalized spacial score (nSPS) is 17.2. The monoisotopic (exact) mass is 341 g/mol. The summed E-state index contributed by atoms with van der Waals surface area (Å²) in [4.78, 5) is 28.1. The van der Waals surface area contributed by atoms with E-state index in [4.69, 9.17) is 0 Å². The lowest BCUT2D eigenvalue weighted by atomic mass is 10.0. The van der Waals surface area contributed by atoms with Gasteiger partial charge >= 0.3 is 0 Å². The van der Waals surface area contributed by atoms with Gasteiger partial charge in [-0.2, -0.15) is 0 Å². The number of amides is 1. The molecule has 1 atom stereocenters. The van der Waals surface area contributed by atoms with E-state index >= 15 is 0 Å². The Morgan fingerprint density at radius 2 is 1.96 bits per heavy atom. The van der Waals surface area contributed by atoms with Crippen LogP contribution < -0.4 is 0 Å². The standard InChI is InChI=1S/C20H23NO2S/c1-2-15-7-9-16(10-8-15)18(22)11-12-20(23)21-13-3-5-17(21)19-6-4-14-24-19/h4,6-10,14,17H,2-3,5,11-13H2,1H3. The lowest BCUT2D eigenvalue weighted by molar-refractivity contribution is -0.132. The van der Waals surface area contributed by atoms with E-state index in [2.05, 4.69) is 18.4 Å². The molecule has 0 N–H and O–H groups in total. The average Bonchev–Trinajstić information content (AvgIpc) is 3.30. The van der Waals surface area contributed by atoms with Gasteiger partial charge < -0.3 is 4.90 Å². The van der Waals surface area contributed by atoms with Crippen molar-refractivity contribution in [3.8, 4) is 0 Å². The van der Waals surface area contributed by atoms with Gasteiger partial charge in [0.2, 0.25) is 5.91 Å². The predicted molar refractivity (Wildman–Crippen MR) is 97.4 cm³/mol. The van der Waals surface area contributed by atoms with Crippen molar-refractivity contribution in [1.29, 1.82) is 0 Å². The minimum atomic E-state index is 0.0536. The number of carbonyl (C=O) groups excluding carboxylic acids is 2. The molecular formula is C20H23NO2S. The minimum Gasteiger partial charge on any atom is -0.335 e. The molecule has 0 spiro atoms. The van der Waals surface area contributed by atoms with Crippen LogP contribution in [0, 0.1) is 0 Å². The summed E-state index contributed by atoms with van der Waals surface area (Å²) in [5.74, 6) is 0.155. The van der Waals surface area contributed by atoms with E-state index in [-0.39, 0.29) is 24.2 Å². The summed E-state index contributed by atoms with van der Waals surface area (Å²) in [6, 6.07) is 12.1. The van der Waals surface area contributed by atoms with Crippen LogP contribution in [-0.2, 0) is 11.2 Å². The molecule has 1 saturated heterocycles. The van der Waals surface area contributed by atoms with Crippen molar-refractivity contribution in [3.63, 3.8) is 0 Å². The fraction of sp³-hybridized carbons (Fsp3) is 0.400. The maximum absolute atomic E-state index is 12.6. The van der Waals surface area contributed by atoms with Crippen molar-refractivity contribution in [2.24, 2.45) is 0 Å². The van der Waals surface area contributed by atoms with Gasteiger partial charge in [0.1, 0.15) is 0 Å². The fourth-order valence-corrected chi connectivity index (χ4v) is 4.15. The summed E-state index contributed by atoms with van der Waals surface area (Å²) >= 11 is 1.71. The maximum atomic E-state index is 12.6. The van der Waals surface area contributed by atoms with Gasteiger partial charge in [-0.05, 0) is 36.3 Å². The molecule has 3 nitrogen and oxygen atoms in total. The predicted octanol–water partition coefficient (Wildman–Crippen LogP) is 4.64. The quantitative estimate of drug-likeness (QED) is 0.718. The van der Waals surface area contributed by atoms with Gasteiger partial charge in [-0.15, -0.1) is 11.3 Å². The van der Waals surface area contributed by atoms with Crippen molar-refractivity contribution in [2.75, 3.05) is 6.54 Å². The van der Waals surface area contributed by atoms with Crippen molar-refractivity contribution in [2.45, 2.75) is 45.1 Å². The summed E-state index contributed by atoms with van der Waals surface area (Å²) in [6.45, 7) is 2.90. The molecule has 1 aromatic carbocycles. The molecule has 2 heterocycles. The first-order valence-electron chi connectivity index (χ1n) is 8.64. The van der Waals surface area contributed by atoms with Crippen molar-refractivity contribution in [1.82, 2.24) is 4.90 Å². The molecule has 126 valence electrons. The Bertz CT molecular complexity index is 691. The Labute approximate surface area is 147 Å². The van der Waals surface area contributed by atoms with Crippen molar-refractivity contribution in [3.05, 3.63) is 57.8 Å². The molecule has 1 aliphatic rings. The molecule has 2 aromatic rings. The van der Waals surface area contributed by atoms with Crippen LogP contribution in [0.3, 0.4) is 0 Å². The van der Waals surface area contributed by atoms with Crippen LogP contribution in [-0.4, -0.2) is 23.1 Å². The molecule has 1 aromatic heterocycles. The number of ketones is 1. The van der Waals surface area contributed by atoms with Gasteiger partial charge in [-0.1, -0.05) is 37.3 Å². The lowest BCUT2D eigenvalue weighted by Gasteiger charge is -2.23. The molecule has 1 aliphatic heterocycles. The zero-order valence-corrected chi connectivity index (χ0v) is 14.8. The third-order valence-electron chi connectivity index (χ3n) is 4.69. The van der Waals surface area contributed by atoms with Crippen LogP contribution >= 0.6 is 11.3 Å². The number of carbonyl (C=O) groups is 2. The summed E-state index contributed by atoms with van der Waals surface area (Å²) in [5.41, 5.74) is 1.93. The van der Waals surface area contributed by atoms with Crippen molar-refractivity contribution < 1.29 is 9.59 Å². The number of rotatable bonds is 6. The van der Waals surface area contributed by atoms with Gasteiger partial charge in [-0.25, -0.2) is 0 Å². The Kier molecular flexibility index (Phi) is 5.46. The van der Waals surface area contributed by atoms with E-state index in [0.717, 1.165) is 25.8 Å². The van der Waals surface area contributed by atoms with E-state index in [1.807, 2.05) is 35.2 Å². The Hall–Kier alpha value is -1.94. The molecule has 1 unspecified atom stereocenters. The molecule has 0 bridgehead atoms. The van der Waals surface area contributed by atoms with E-state index in [1.165, 1.54) is 10.4 Å². The van der Waals surface area contributed by atoms with E-state index < -0.39 is 0 Å². The van der Waals surface area contributed by atoms with Gasteiger partial charge in [0, 0.05) is 29.8 Å². The highest BCUT2D eigenvalue weighted by atomic mass is 32.1. The number of benzene rings is 1. The molecule has 0 aliphatic carbocycles. The second-order valence-corrected chi connectivity index (χ2v) is 7.21. The third kappa shape index (κ3) is 3.75. The third-order valence-corrected chi connectivity index (χ3v) is 5.67. The summed E-state index contributed by atoms with van der Waals surface area (Å²) in [6.07, 6.45) is 3.62. The number of thiophene rings is 1. The summed E-state index contributed by atoms with van der Waals surface area (Å²) in [5, 5.41) is 2.06. The average molecular weight is 341 g/mol. The number of Topliss-reactive ketones (excluding diaryl/α,β-unsaturated/α-hetero) is 1. The number of hydrogen-bond acceptors (Lipinski definition) is 3. The highest BCUT2D eigenvalue weighted by Crippen LogP contribution is 2.34. The van der Waals surface area contributed by atoms with Crippen LogP contribution in [0.2, 0.25) is 0 Å². The van der Waals surface area contributed by atoms with Crippen LogP contribution in [0.15, 0.2) is 41.8 Å². The second-order valence-electron chi connectivity index (χ2n) is 6.23. The van der Waals surface area contributed by atoms with Gasteiger partial charge in [0.05, 0.1) is 6.04 Å². The molecule has 1 amide bonds. The van der Waals surface area contributed by atoms with Crippen LogP contribution in [0.1, 0.15) is 59.4 Å². The number of aryl methyl sites for hydroxylation is 1. The highest BCUT2D eigenvalue weighted by Gasteiger charge is 2.30. The lowest BCUT2D eigenvalue weighted by Crippen LogP contribution is -2.30. The molecule has 4 heteroatoms. The largest absolute Gasteiger partial charge is 0.335 e. The molecule has 0 radical (unpaired) electrons. The first kappa shape index (κ1) is 16.9. The smallest absolute Gasteiger partial charge is 0.223 e. The van der Waals surface area contributed by atoms with Gasteiger partial charge in [-0.3, -0.25) is 9.59 Å².